The molecule has 1 aromatic rings. The van der Waals surface area contributed by atoms with E-state index in [2.05, 4.69) is 10.0 Å². The van der Waals surface area contributed by atoms with E-state index < -0.39 is 16.0 Å². The van der Waals surface area contributed by atoms with E-state index in [9.17, 15) is 12.8 Å². The summed E-state index contributed by atoms with van der Waals surface area (Å²) in [4.78, 5) is 0. The molecule has 0 spiro atoms. The molecule has 1 aliphatic heterocycles. The van der Waals surface area contributed by atoms with Gasteiger partial charge < -0.3 is 5.32 Å². The molecule has 0 saturated carbocycles. The number of nitrogens with one attached hydrogen (secondary N) is 2. The molecule has 124 valence electrons. The van der Waals surface area contributed by atoms with Crippen molar-refractivity contribution >= 4 is 21.8 Å². The van der Waals surface area contributed by atoms with Gasteiger partial charge in [0.1, 0.15) is 5.82 Å². The Bertz CT molecular complexity index is 586. The van der Waals surface area contributed by atoms with Crippen molar-refractivity contribution in [1.82, 2.24) is 14.3 Å². The number of piperidine rings is 1. The molecule has 0 bridgehead atoms. The highest BCUT2D eigenvalue weighted by molar-refractivity contribution is 7.87. The summed E-state index contributed by atoms with van der Waals surface area (Å²) < 4.78 is 41.9. The molecule has 5 nitrogen and oxygen atoms in total. The molecule has 1 fully saturated rings. The van der Waals surface area contributed by atoms with Crippen LogP contribution in [0.15, 0.2) is 18.2 Å². The Morgan fingerprint density at radius 2 is 2.27 bits per heavy atom. The maximum atomic E-state index is 13.7. The third-order valence-electron chi connectivity index (χ3n) is 3.81. The van der Waals surface area contributed by atoms with E-state index in [4.69, 9.17) is 11.6 Å². The molecule has 22 heavy (non-hydrogen) atoms. The van der Waals surface area contributed by atoms with E-state index in [1.54, 1.807) is 6.07 Å². The van der Waals surface area contributed by atoms with Gasteiger partial charge in [0.05, 0.1) is 0 Å². The zero-order valence-corrected chi connectivity index (χ0v) is 14.1. The molecule has 1 aromatic carbocycles. The van der Waals surface area contributed by atoms with Crippen LogP contribution in [-0.2, 0) is 16.8 Å². The minimum atomic E-state index is -3.66. The Labute approximate surface area is 136 Å². The van der Waals surface area contributed by atoms with Crippen molar-refractivity contribution in [3.63, 3.8) is 0 Å². The fourth-order valence-electron chi connectivity index (χ4n) is 2.42. The summed E-state index contributed by atoms with van der Waals surface area (Å²) in [6.45, 7) is 2.06. The zero-order valence-electron chi connectivity index (χ0n) is 12.5. The lowest BCUT2D eigenvalue weighted by atomic mass is 10.0. The van der Waals surface area contributed by atoms with E-state index in [1.807, 2.05) is 0 Å². The number of nitrogens with zero attached hydrogens (tertiary/aromatic N) is 1. The molecule has 1 atom stereocenters. The molecule has 0 amide bonds. The van der Waals surface area contributed by atoms with Crippen LogP contribution in [0.3, 0.4) is 0 Å². The fourth-order valence-corrected chi connectivity index (χ4v) is 3.61. The monoisotopic (exact) mass is 349 g/mol. The predicted molar refractivity (Wildman–Crippen MR) is 85.4 cm³/mol. The number of benzene rings is 1. The first kappa shape index (κ1) is 17.6. The van der Waals surface area contributed by atoms with Crippen molar-refractivity contribution in [3.8, 4) is 0 Å². The van der Waals surface area contributed by atoms with Crippen LogP contribution in [0.25, 0.3) is 0 Å². The van der Waals surface area contributed by atoms with Crippen LogP contribution in [0.1, 0.15) is 18.4 Å². The molecular formula is C14H21ClFN3O2S. The van der Waals surface area contributed by atoms with Gasteiger partial charge in [-0.25, -0.2) is 9.11 Å². The Morgan fingerprint density at radius 1 is 1.50 bits per heavy atom. The third kappa shape index (κ3) is 4.63. The van der Waals surface area contributed by atoms with Gasteiger partial charge in [0.25, 0.3) is 10.2 Å². The second kappa shape index (κ2) is 7.70. The van der Waals surface area contributed by atoms with Crippen LogP contribution in [0, 0.1) is 11.7 Å². The van der Waals surface area contributed by atoms with E-state index in [-0.39, 0.29) is 23.0 Å². The smallest absolute Gasteiger partial charge is 0.279 e. The van der Waals surface area contributed by atoms with Gasteiger partial charge >= 0.3 is 0 Å². The summed E-state index contributed by atoms with van der Waals surface area (Å²) in [6, 6.07) is 4.30. The van der Waals surface area contributed by atoms with Crippen LogP contribution < -0.4 is 10.0 Å². The molecule has 2 rings (SSSR count). The highest BCUT2D eigenvalue weighted by atomic mass is 35.5. The van der Waals surface area contributed by atoms with E-state index >= 15 is 0 Å². The van der Waals surface area contributed by atoms with E-state index in [1.165, 1.54) is 19.2 Å². The van der Waals surface area contributed by atoms with Crippen molar-refractivity contribution in [2.24, 2.45) is 5.92 Å². The summed E-state index contributed by atoms with van der Waals surface area (Å²) in [5.41, 5.74) is 0.177. The summed E-state index contributed by atoms with van der Waals surface area (Å²) in [6.07, 6.45) is 2.05. The van der Waals surface area contributed by atoms with Gasteiger partial charge in [0, 0.05) is 30.7 Å². The topological polar surface area (TPSA) is 61.4 Å². The standard InChI is InChI=1S/C14H21ClFN3O2S/c1-19(10-12-13(15)5-2-6-14(12)16)22(20,21)18-9-11-4-3-7-17-8-11/h2,5-6,11,17-18H,3-4,7-10H2,1H3. The summed E-state index contributed by atoms with van der Waals surface area (Å²) >= 11 is 5.93. The highest BCUT2D eigenvalue weighted by Gasteiger charge is 2.22. The van der Waals surface area contributed by atoms with Gasteiger partial charge in [-0.2, -0.15) is 12.7 Å². The second-order valence-corrected chi connectivity index (χ2v) is 7.79. The lowest BCUT2D eigenvalue weighted by Crippen LogP contribution is -2.43. The van der Waals surface area contributed by atoms with Crippen molar-refractivity contribution in [2.45, 2.75) is 19.4 Å². The zero-order chi connectivity index (χ0) is 16.2. The van der Waals surface area contributed by atoms with Crippen LogP contribution in [0.4, 0.5) is 4.39 Å². The van der Waals surface area contributed by atoms with E-state index in [0.29, 0.717) is 6.54 Å². The predicted octanol–water partition coefficient (Wildman–Crippen LogP) is 1.74. The van der Waals surface area contributed by atoms with Crippen molar-refractivity contribution in [2.75, 3.05) is 26.7 Å². The molecular weight excluding hydrogens is 329 g/mol. The first-order valence-corrected chi connectivity index (χ1v) is 9.06. The lowest BCUT2D eigenvalue weighted by molar-refractivity contribution is 0.369. The highest BCUT2D eigenvalue weighted by Crippen LogP contribution is 2.21. The molecule has 8 heteroatoms. The molecule has 1 heterocycles. The van der Waals surface area contributed by atoms with Gasteiger partial charge in [-0.15, -0.1) is 0 Å². The Kier molecular flexibility index (Phi) is 6.17. The van der Waals surface area contributed by atoms with E-state index in [0.717, 1.165) is 30.2 Å². The average molecular weight is 350 g/mol. The maximum Gasteiger partial charge on any atom is 0.279 e. The van der Waals surface area contributed by atoms with Gasteiger partial charge in [-0.1, -0.05) is 17.7 Å². The van der Waals surface area contributed by atoms with Crippen molar-refractivity contribution in [3.05, 3.63) is 34.6 Å². The van der Waals surface area contributed by atoms with Gasteiger partial charge in [0.15, 0.2) is 0 Å². The third-order valence-corrected chi connectivity index (χ3v) is 5.64. The molecule has 1 aliphatic rings. The Hall–Kier alpha value is -0.730. The van der Waals surface area contributed by atoms with Gasteiger partial charge in [-0.05, 0) is 44.0 Å². The molecule has 0 aliphatic carbocycles. The first-order valence-electron chi connectivity index (χ1n) is 7.24. The average Bonchev–Trinajstić information content (AvgIpc) is 2.50. The maximum absolute atomic E-state index is 13.7. The Morgan fingerprint density at radius 3 is 2.91 bits per heavy atom. The Balaban J connectivity index is 1.96. The van der Waals surface area contributed by atoms with Gasteiger partial charge in [0.2, 0.25) is 0 Å². The number of halogens is 2. The second-order valence-electron chi connectivity index (χ2n) is 5.52. The minimum Gasteiger partial charge on any atom is -0.316 e. The number of hydrogen-bond donors (Lipinski definition) is 2. The summed E-state index contributed by atoms with van der Waals surface area (Å²) in [5.74, 6) is -0.222. The van der Waals surface area contributed by atoms with Gasteiger partial charge in [-0.3, -0.25) is 0 Å². The van der Waals surface area contributed by atoms with Crippen LogP contribution >= 0.6 is 11.6 Å². The van der Waals surface area contributed by atoms with Crippen LogP contribution in [0.5, 0.6) is 0 Å². The normalized spacial score (nSPS) is 19.5. The summed E-state index contributed by atoms with van der Waals surface area (Å²) in [5, 5.41) is 3.46. The summed E-state index contributed by atoms with van der Waals surface area (Å²) in [7, 11) is -2.25. The van der Waals surface area contributed by atoms with Crippen LogP contribution in [0.2, 0.25) is 5.02 Å². The number of hydrogen-bond acceptors (Lipinski definition) is 3. The molecule has 0 aromatic heterocycles. The first-order chi connectivity index (χ1) is 10.4. The van der Waals surface area contributed by atoms with Crippen molar-refractivity contribution in [1.29, 1.82) is 0 Å². The SMILES string of the molecule is CN(Cc1c(F)cccc1Cl)S(=O)(=O)NCC1CCCNC1. The van der Waals surface area contributed by atoms with Crippen LogP contribution in [-0.4, -0.2) is 39.4 Å². The fraction of sp³-hybridized carbons (Fsp3) is 0.571. The molecule has 0 radical (unpaired) electrons. The molecule has 1 unspecified atom stereocenters. The molecule has 2 N–H and O–H groups in total. The minimum absolute atomic E-state index is 0.107. The largest absolute Gasteiger partial charge is 0.316 e. The lowest BCUT2D eigenvalue weighted by Gasteiger charge is -2.24. The quantitative estimate of drug-likeness (QED) is 0.822. The van der Waals surface area contributed by atoms with Crippen molar-refractivity contribution < 1.29 is 12.8 Å². The number of rotatable bonds is 6. The molecule has 1 saturated heterocycles.